The molecule has 2 aliphatic rings. The third kappa shape index (κ3) is 3.78. The summed E-state index contributed by atoms with van der Waals surface area (Å²) in [6.45, 7) is 9.84. The third-order valence-corrected chi connectivity index (χ3v) is 5.20. The molecule has 2 rings (SSSR count). The number of amides is 1. The van der Waals surface area contributed by atoms with Crippen molar-refractivity contribution in [2.45, 2.75) is 78.1 Å². The van der Waals surface area contributed by atoms with Crippen molar-refractivity contribution in [3.63, 3.8) is 0 Å². The number of nitrogens with one attached hydrogen (secondary N) is 1. The zero-order valence-electron chi connectivity index (χ0n) is 14.1. The summed E-state index contributed by atoms with van der Waals surface area (Å²) in [7, 11) is 0. The number of ether oxygens (including phenoxy) is 1. The van der Waals surface area contributed by atoms with Crippen LogP contribution < -0.4 is 5.32 Å². The fourth-order valence-electron chi connectivity index (χ4n) is 3.79. The Morgan fingerprint density at radius 3 is 2.52 bits per heavy atom. The lowest BCUT2D eigenvalue weighted by Gasteiger charge is -2.31. The number of hydrogen-bond acceptors (Lipinski definition) is 3. The molecular formula is C17H32N2O2. The van der Waals surface area contributed by atoms with E-state index >= 15 is 0 Å². The number of nitrogens with zero attached hydrogens (tertiary/aromatic N) is 1. The van der Waals surface area contributed by atoms with E-state index in [-0.39, 0.29) is 24.2 Å². The Hall–Kier alpha value is -0.610. The van der Waals surface area contributed by atoms with Crippen LogP contribution >= 0.6 is 0 Å². The van der Waals surface area contributed by atoms with Crippen molar-refractivity contribution in [2.24, 2.45) is 11.8 Å². The predicted octanol–water partition coefficient (Wildman–Crippen LogP) is 2.77. The molecule has 4 unspecified atom stereocenters. The summed E-state index contributed by atoms with van der Waals surface area (Å²) >= 11 is 0. The van der Waals surface area contributed by atoms with Gasteiger partial charge in [-0.05, 0) is 38.5 Å². The molecule has 4 nitrogen and oxygen atoms in total. The van der Waals surface area contributed by atoms with E-state index in [1.807, 2.05) is 6.92 Å². The Bertz CT molecular complexity index is 342. The van der Waals surface area contributed by atoms with E-state index in [1.165, 1.54) is 25.7 Å². The number of rotatable bonds is 7. The number of carbonyl (C=O) groups is 1. The molecule has 1 N–H and O–H groups in total. The first-order chi connectivity index (χ1) is 10.1. The van der Waals surface area contributed by atoms with Gasteiger partial charge < -0.3 is 9.64 Å². The van der Waals surface area contributed by atoms with Gasteiger partial charge in [0.05, 0.1) is 18.3 Å². The lowest BCUT2D eigenvalue weighted by molar-refractivity contribution is -0.133. The highest BCUT2D eigenvalue weighted by molar-refractivity contribution is 5.84. The van der Waals surface area contributed by atoms with Gasteiger partial charge in [0, 0.05) is 13.2 Å². The van der Waals surface area contributed by atoms with Crippen LogP contribution in [0.1, 0.15) is 59.8 Å². The molecule has 1 saturated carbocycles. The second kappa shape index (κ2) is 7.59. The van der Waals surface area contributed by atoms with Crippen LogP contribution in [0.4, 0.5) is 0 Å². The molecule has 0 aromatic rings. The quantitative estimate of drug-likeness (QED) is 0.785. The lowest BCUT2D eigenvalue weighted by Crippen LogP contribution is -2.45. The van der Waals surface area contributed by atoms with E-state index in [9.17, 15) is 4.79 Å². The maximum Gasteiger partial charge on any atom is 0.241 e. The zero-order valence-corrected chi connectivity index (χ0v) is 14.1. The average molecular weight is 296 g/mol. The molecular weight excluding hydrogens is 264 g/mol. The normalized spacial score (nSPS) is 30.1. The summed E-state index contributed by atoms with van der Waals surface area (Å²) < 4.78 is 5.66. The molecule has 0 bridgehead atoms. The van der Waals surface area contributed by atoms with Gasteiger partial charge in [-0.2, -0.15) is 0 Å². The third-order valence-electron chi connectivity index (χ3n) is 5.20. The van der Waals surface area contributed by atoms with Crippen LogP contribution in [0.15, 0.2) is 0 Å². The van der Waals surface area contributed by atoms with Gasteiger partial charge in [0.25, 0.3) is 0 Å². The maximum absolute atomic E-state index is 12.8. The molecule has 4 atom stereocenters. The van der Waals surface area contributed by atoms with Gasteiger partial charge in [0.1, 0.15) is 0 Å². The highest BCUT2D eigenvalue weighted by Crippen LogP contribution is 2.33. The molecule has 1 aliphatic heterocycles. The molecule has 122 valence electrons. The van der Waals surface area contributed by atoms with Gasteiger partial charge in [-0.25, -0.2) is 0 Å². The number of carbonyl (C=O) groups excluding carboxylic acids is 1. The second-order valence-corrected chi connectivity index (χ2v) is 6.78. The molecule has 2 fully saturated rings. The van der Waals surface area contributed by atoms with Crippen LogP contribution in [0.2, 0.25) is 0 Å². The largest absolute Gasteiger partial charge is 0.377 e. The standard InChI is InChI=1S/C17H32N2O2/c1-5-12(3)15-17(20)19(11-13(4)21-6-2)16(18-15)14-9-7-8-10-14/h12-16,18H,5-11H2,1-4H3. The molecule has 0 aromatic carbocycles. The molecule has 1 heterocycles. The van der Waals surface area contributed by atoms with E-state index in [0.29, 0.717) is 25.0 Å². The summed E-state index contributed by atoms with van der Waals surface area (Å²) in [4.78, 5) is 14.9. The van der Waals surface area contributed by atoms with Crippen molar-refractivity contribution in [1.82, 2.24) is 10.2 Å². The highest BCUT2D eigenvalue weighted by Gasteiger charge is 2.44. The first-order valence-electron chi connectivity index (χ1n) is 8.76. The molecule has 4 heteroatoms. The van der Waals surface area contributed by atoms with Crippen molar-refractivity contribution in [1.29, 1.82) is 0 Å². The van der Waals surface area contributed by atoms with E-state index < -0.39 is 0 Å². The molecule has 0 spiro atoms. The highest BCUT2D eigenvalue weighted by atomic mass is 16.5. The van der Waals surface area contributed by atoms with Crippen molar-refractivity contribution >= 4 is 5.91 Å². The summed E-state index contributed by atoms with van der Waals surface area (Å²) in [5, 5.41) is 3.65. The average Bonchev–Trinajstić information content (AvgIpc) is 3.08. The van der Waals surface area contributed by atoms with Crippen LogP contribution in [0, 0.1) is 11.8 Å². The van der Waals surface area contributed by atoms with Crippen molar-refractivity contribution in [3.05, 3.63) is 0 Å². The van der Waals surface area contributed by atoms with Gasteiger partial charge in [-0.15, -0.1) is 0 Å². The SMILES string of the molecule is CCOC(C)CN1C(=O)C(C(C)CC)NC1C1CCCC1. The summed E-state index contributed by atoms with van der Waals surface area (Å²) in [6, 6.07) is -0.00516. The lowest BCUT2D eigenvalue weighted by atomic mass is 9.99. The van der Waals surface area contributed by atoms with Crippen LogP contribution in [-0.2, 0) is 9.53 Å². The Labute approximate surface area is 129 Å². The van der Waals surface area contributed by atoms with Crippen LogP contribution in [0.3, 0.4) is 0 Å². The van der Waals surface area contributed by atoms with Crippen LogP contribution in [0.5, 0.6) is 0 Å². The van der Waals surface area contributed by atoms with Crippen LogP contribution in [0.25, 0.3) is 0 Å². The van der Waals surface area contributed by atoms with Crippen LogP contribution in [-0.4, -0.2) is 42.3 Å². The Balaban J connectivity index is 2.09. The Morgan fingerprint density at radius 2 is 1.95 bits per heavy atom. The smallest absolute Gasteiger partial charge is 0.241 e. The fraction of sp³-hybridized carbons (Fsp3) is 0.941. The van der Waals surface area contributed by atoms with E-state index in [4.69, 9.17) is 4.74 Å². The molecule has 0 aromatic heterocycles. The minimum atomic E-state index is -0.00516. The zero-order chi connectivity index (χ0) is 15.4. The first-order valence-corrected chi connectivity index (χ1v) is 8.76. The summed E-state index contributed by atoms with van der Waals surface area (Å²) in [6.07, 6.45) is 6.48. The summed E-state index contributed by atoms with van der Waals surface area (Å²) in [5.41, 5.74) is 0. The Kier molecular flexibility index (Phi) is 6.06. The van der Waals surface area contributed by atoms with Crippen molar-refractivity contribution < 1.29 is 9.53 Å². The minimum absolute atomic E-state index is 0.00516. The van der Waals surface area contributed by atoms with Crippen molar-refractivity contribution in [3.8, 4) is 0 Å². The van der Waals surface area contributed by atoms with Gasteiger partial charge >= 0.3 is 0 Å². The monoisotopic (exact) mass is 296 g/mol. The Morgan fingerprint density at radius 1 is 1.29 bits per heavy atom. The predicted molar refractivity (Wildman–Crippen MR) is 84.9 cm³/mol. The second-order valence-electron chi connectivity index (χ2n) is 6.78. The van der Waals surface area contributed by atoms with E-state index in [2.05, 4.69) is 31.0 Å². The van der Waals surface area contributed by atoms with Gasteiger partial charge in [0.15, 0.2) is 0 Å². The van der Waals surface area contributed by atoms with Gasteiger partial charge in [-0.3, -0.25) is 10.1 Å². The van der Waals surface area contributed by atoms with E-state index in [0.717, 1.165) is 6.42 Å². The van der Waals surface area contributed by atoms with Gasteiger partial charge in [0.2, 0.25) is 5.91 Å². The molecule has 1 saturated heterocycles. The van der Waals surface area contributed by atoms with E-state index in [1.54, 1.807) is 0 Å². The first kappa shape index (κ1) is 16.8. The maximum atomic E-state index is 12.8. The molecule has 0 radical (unpaired) electrons. The van der Waals surface area contributed by atoms with Crippen molar-refractivity contribution in [2.75, 3.05) is 13.2 Å². The minimum Gasteiger partial charge on any atom is -0.377 e. The topological polar surface area (TPSA) is 41.6 Å². The molecule has 1 aliphatic carbocycles. The summed E-state index contributed by atoms with van der Waals surface area (Å²) in [5.74, 6) is 1.30. The fourth-order valence-corrected chi connectivity index (χ4v) is 3.79. The molecule has 21 heavy (non-hydrogen) atoms. The van der Waals surface area contributed by atoms with Gasteiger partial charge in [-0.1, -0.05) is 33.1 Å². The molecule has 1 amide bonds. The number of hydrogen-bond donors (Lipinski definition) is 1.